The molecule has 1 heterocycles. The average molecular weight is 250 g/mol. The first-order chi connectivity index (χ1) is 8.56. The molecule has 94 valence electrons. The molecule has 2 rings (SSSR count). The number of halogens is 1. The van der Waals surface area contributed by atoms with Crippen LogP contribution in [0.4, 0.5) is 4.39 Å². The highest BCUT2D eigenvalue weighted by Gasteiger charge is 2.15. The fourth-order valence-electron chi connectivity index (χ4n) is 1.46. The number of rotatable bonds is 4. The summed E-state index contributed by atoms with van der Waals surface area (Å²) in [4.78, 5) is 10.7. The number of benzene rings is 1. The van der Waals surface area contributed by atoms with Gasteiger partial charge in [-0.25, -0.2) is 9.18 Å². The molecule has 1 atom stereocenters. The maximum Gasteiger partial charge on any atom is 0.371 e. The molecule has 18 heavy (non-hydrogen) atoms. The van der Waals surface area contributed by atoms with Gasteiger partial charge in [-0.2, -0.15) is 0 Å². The Kier molecular flexibility index (Phi) is 3.32. The van der Waals surface area contributed by atoms with E-state index < -0.39 is 12.1 Å². The summed E-state index contributed by atoms with van der Waals surface area (Å²) < 4.78 is 23.3. The van der Waals surface area contributed by atoms with Crippen molar-refractivity contribution in [2.75, 3.05) is 0 Å². The number of hydrogen-bond donors (Lipinski definition) is 1. The molecule has 4 nitrogen and oxygen atoms in total. The van der Waals surface area contributed by atoms with E-state index in [-0.39, 0.29) is 11.6 Å². The van der Waals surface area contributed by atoms with Crippen molar-refractivity contribution in [1.82, 2.24) is 0 Å². The number of carboxylic acid groups (broad SMARTS) is 1. The van der Waals surface area contributed by atoms with Crippen LogP contribution in [-0.2, 0) is 0 Å². The summed E-state index contributed by atoms with van der Waals surface area (Å²) >= 11 is 0. The van der Waals surface area contributed by atoms with E-state index in [4.69, 9.17) is 14.3 Å². The minimum Gasteiger partial charge on any atom is -0.483 e. The van der Waals surface area contributed by atoms with Crippen molar-refractivity contribution in [2.45, 2.75) is 13.0 Å². The Balaban J connectivity index is 2.09. The summed E-state index contributed by atoms with van der Waals surface area (Å²) in [6, 6.07) is 8.46. The maximum atomic E-state index is 12.7. The van der Waals surface area contributed by atoms with Gasteiger partial charge in [-0.05, 0) is 43.3 Å². The van der Waals surface area contributed by atoms with Crippen LogP contribution >= 0.6 is 0 Å². The third-order valence-electron chi connectivity index (χ3n) is 2.36. The van der Waals surface area contributed by atoms with E-state index in [1.807, 2.05) is 0 Å². The van der Waals surface area contributed by atoms with Gasteiger partial charge >= 0.3 is 5.97 Å². The zero-order valence-electron chi connectivity index (χ0n) is 9.59. The Bertz CT molecular complexity index is 544. The van der Waals surface area contributed by atoms with Gasteiger partial charge < -0.3 is 14.3 Å². The Morgan fingerprint density at radius 2 is 1.94 bits per heavy atom. The largest absolute Gasteiger partial charge is 0.483 e. The Hall–Kier alpha value is -2.30. The fraction of sp³-hybridized carbons (Fsp3) is 0.154. The maximum absolute atomic E-state index is 12.7. The summed E-state index contributed by atoms with van der Waals surface area (Å²) in [6.45, 7) is 1.72. The van der Waals surface area contributed by atoms with Gasteiger partial charge in [0.05, 0.1) is 0 Å². The van der Waals surface area contributed by atoms with Crippen LogP contribution in [0.1, 0.15) is 29.3 Å². The van der Waals surface area contributed by atoms with Crippen molar-refractivity contribution in [3.63, 3.8) is 0 Å². The predicted octanol–water partition coefficient (Wildman–Crippen LogP) is 3.26. The molecule has 1 aromatic carbocycles. The van der Waals surface area contributed by atoms with Crippen molar-refractivity contribution in [3.05, 3.63) is 53.7 Å². The molecule has 0 aliphatic heterocycles. The molecule has 0 spiro atoms. The van der Waals surface area contributed by atoms with Crippen molar-refractivity contribution in [3.8, 4) is 5.75 Å². The summed E-state index contributed by atoms with van der Waals surface area (Å²) in [7, 11) is 0. The quantitative estimate of drug-likeness (QED) is 0.904. The molecule has 0 radical (unpaired) electrons. The van der Waals surface area contributed by atoms with Crippen molar-refractivity contribution in [1.29, 1.82) is 0 Å². The minimum absolute atomic E-state index is 0.139. The molecule has 0 bridgehead atoms. The van der Waals surface area contributed by atoms with Gasteiger partial charge in [-0.15, -0.1) is 0 Å². The second-order valence-electron chi connectivity index (χ2n) is 3.72. The monoisotopic (exact) mass is 250 g/mol. The molecule has 1 unspecified atom stereocenters. The Morgan fingerprint density at radius 1 is 1.28 bits per heavy atom. The zero-order valence-corrected chi connectivity index (χ0v) is 9.59. The van der Waals surface area contributed by atoms with Gasteiger partial charge in [-0.1, -0.05) is 0 Å². The van der Waals surface area contributed by atoms with Crippen molar-refractivity contribution in [2.24, 2.45) is 0 Å². The lowest BCUT2D eigenvalue weighted by atomic mass is 10.3. The summed E-state index contributed by atoms with van der Waals surface area (Å²) in [5.74, 6) is -0.732. The smallest absolute Gasteiger partial charge is 0.371 e. The van der Waals surface area contributed by atoms with Gasteiger partial charge in [0.25, 0.3) is 0 Å². The van der Waals surface area contributed by atoms with Crippen molar-refractivity contribution < 1.29 is 23.4 Å². The van der Waals surface area contributed by atoms with Crippen LogP contribution in [0.3, 0.4) is 0 Å². The highest BCUT2D eigenvalue weighted by Crippen LogP contribution is 2.23. The lowest BCUT2D eigenvalue weighted by molar-refractivity contribution is 0.0655. The van der Waals surface area contributed by atoms with E-state index in [1.54, 1.807) is 6.92 Å². The first kappa shape index (κ1) is 12.2. The van der Waals surface area contributed by atoms with E-state index in [1.165, 1.54) is 36.4 Å². The minimum atomic E-state index is -1.13. The molecule has 0 saturated heterocycles. The highest BCUT2D eigenvalue weighted by molar-refractivity contribution is 5.84. The number of furan rings is 1. The molecule has 1 aromatic heterocycles. The zero-order chi connectivity index (χ0) is 13.1. The number of hydrogen-bond acceptors (Lipinski definition) is 3. The fourth-order valence-corrected chi connectivity index (χ4v) is 1.46. The second-order valence-corrected chi connectivity index (χ2v) is 3.72. The predicted molar refractivity (Wildman–Crippen MR) is 61.1 cm³/mol. The lowest BCUT2D eigenvalue weighted by Gasteiger charge is -2.12. The van der Waals surface area contributed by atoms with E-state index in [2.05, 4.69) is 0 Å². The van der Waals surface area contributed by atoms with Gasteiger partial charge in [0.1, 0.15) is 17.3 Å². The van der Waals surface area contributed by atoms with Crippen LogP contribution in [0.2, 0.25) is 0 Å². The molecule has 0 saturated carbocycles. The molecule has 0 aliphatic carbocycles. The summed E-state index contributed by atoms with van der Waals surface area (Å²) in [5, 5.41) is 8.72. The number of aromatic carboxylic acids is 1. The average Bonchev–Trinajstić information content (AvgIpc) is 2.81. The number of ether oxygens (including phenoxy) is 1. The Labute approximate surface area is 103 Å². The molecule has 5 heteroatoms. The van der Waals surface area contributed by atoms with Crippen molar-refractivity contribution >= 4 is 5.97 Å². The first-order valence-electron chi connectivity index (χ1n) is 5.31. The van der Waals surface area contributed by atoms with Crippen LogP contribution in [0.5, 0.6) is 5.75 Å². The standard InChI is InChI=1S/C13H11FO4/c1-8(11-6-7-12(18-11)13(15)16)17-10-4-2-9(14)3-5-10/h2-8H,1H3,(H,15,16). The molecular weight excluding hydrogens is 239 g/mol. The summed E-state index contributed by atoms with van der Waals surface area (Å²) in [5.41, 5.74) is 0. The third-order valence-corrected chi connectivity index (χ3v) is 2.36. The highest BCUT2D eigenvalue weighted by atomic mass is 19.1. The van der Waals surface area contributed by atoms with Crippen LogP contribution in [0, 0.1) is 5.82 Å². The van der Waals surface area contributed by atoms with Crippen LogP contribution in [-0.4, -0.2) is 11.1 Å². The van der Waals surface area contributed by atoms with E-state index in [0.29, 0.717) is 11.5 Å². The van der Waals surface area contributed by atoms with Crippen LogP contribution in [0.25, 0.3) is 0 Å². The molecule has 1 N–H and O–H groups in total. The number of carboxylic acids is 1. The number of carbonyl (C=O) groups is 1. The SMILES string of the molecule is CC(Oc1ccc(F)cc1)c1ccc(C(=O)O)o1. The third kappa shape index (κ3) is 2.68. The van der Waals surface area contributed by atoms with Gasteiger partial charge in [0.15, 0.2) is 6.10 Å². The Morgan fingerprint density at radius 3 is 2.50 bits per heavy atom. The normalized spacial score (nSPS) is 12.1. The lowest BCUT2D eigenvalue weighted by Crippen LogP contribution is -2.02. The van der Waals surface area contributed by atoms with Crippen LogP contribution < -0.4 is 4.74 Å². The molecule has 2 aromatic rings. The van der Waals surface area contributed by atoms with Gasteiger partial charge in [0.2, 0.25) is 5.76 Å². The van der Waals surface area contributed by atoms with E-state index in [0.717, 1.165) is 0 Å². The first-order valence-corrected chi connectivity index (χ1v) is 5.31. The molecule has 0 amide bonds. The van der Waals surface area contributed by atoms with E-state index in [9.17, 15) is 9.18 Å². The molecule has 0 fully saturated rings. The molecular formula is C13H11FO4. The van der Waals surface area contributed by atoms with Gasteiger partial charge in [-0.3, -0.25) is 0 Å². The molecule has 0 aliphatic rings. The topological polar surface area (TPSA) is 59.7 Å². The van der Waals surface area contributed by atoms with Gasteiger partial charge in [0, 0.05) is 0 Å². The van der Waals surface area contributed by atoms with Crippen LogP contribution in [0.15, 0.2) is 40.8 Å². The second kappa shape index (κ2) is 4.91. The summed E-state index contributed by atoms with van der Waals surface area (Å²) in [6.07, 6.45) is -0.455. The van der Waals surface area contributed by atoms with E-state index >= 15 is 0 Å².